The summed E-state index contributed by atoms with van der Waals surface area (Å²) in [6.45, 7) is 3.14. The van der Waals surface area contributed by atoms with Gasteiger partial charge in [-0.2, -0.15) is 13.2 Å². The number of hydrogen-bond acceptors (Lipinski definition) is 6. The van der Waals surface area contributed by atoms with E-state index < -0.39 is 12.1 Å². The van der Waals surface area contributed by atoms with E-state index in [1.165, 1.54) is 0 Å². The van der Waals surface area contributed by atoms with Crippen molar-refractivity contribution in [2.24, 2.45) is 0 Å². The van der Waals surface area contributed by atoms with Crippen LogP contribution < -0.4 is 15.0 Å². The molecule has 10 heteroatoms. The highest BCUT2D eigenvalue weighted by Crippen LogP contribution is 2.28. The minimum atomic E-state index is -4.84. The number of amides is 1. The Kier molecular flexibility index (Phi) is 5.64. The van der Waals surface area contributed by atoms with Gasteiger partial charge in [0.05, 0.1) is 13.3 Å². The fourth-order valence-electron chi connectivity index (χ4n) is 3.03. The molecule has 0 radical (unpaired) electrons. The number of ether oxygens (including phenoxy) is 1. The van der Waals surface area contributed by atoms with Gasteiger partial charge in [0.25, 0.3) is 0 Å². The van der Waals surface area contributed by atoms with E-state index in [4.69, 9.17) is 4.74 Å². The molecule has 1 N–H and O–H groups in total. The van der Waals surface area contributed by atoms with Crippen LogP contribution in [0.1, 0.15) is 0 Å². The largest absolute Gasteiger partial charge is 0.495 e. The van der Waals surface area contributed by atoms with Crippen LogP contribution in [0.5, 0.6) is 5.75 Å². The third-order valence-corrected chi connectivity index (χ3v) is 4.47. The summed E-state index contributed by atoms with van der Waals surface area (Å²) in [5.74, 6) is -1.25. The van der Waals surface area contributed by atoms with Crippen molar-refractivity contribution in [1.82, 2.24) is 20.2 Å². The Hall–Kier alpha value is -2.62. The molecular weight excluding hydrogens is 363 g/mol. The third-order valence-electron chi connectivity index (χ3n) is 4.47. The fraction of sp³-hybridized carbons (Fsp3) is 0.471. The molecule has 1 aliphatic rings. The molecule has 0 aromatic carbocycles. The van der Waals surface area contributed by atoms with Crippen molar-refractivity contribution in [3.05, 3.63) is 24.5 Å². The maximum Gasteiger partial charge on any atom is 0.471 e. The van der Waals surface area contributed by atoms with Gasteiger partial charge in [-0.15, -0.1) is 0 Å². The molecule has 1 saturated heterocycles. The summed E-state index contributed by atoms with van der Waals surface area (Å²) in [4.78, 5) is 23.6. The number of halogens is 3. The van der Waals surface area contributed by atoms with Gasteiger partial charge >= 0.3 is 12.1 Å². The van der Waals surface area contributed by atoms with E-state index in [2.05, 4.69) is 14.9 Å². The highest BCUT2D eigenvalue weighted by Gasteiger charge is 2.38. The van der Waals surface area contributed by atoms with Crippen LogP contribution in [-0.2, 0) is 4.79 Å². The van der Waals surface area contributed by atoms with Crippen molar-refractivity contribution >= 4 is 22.6 Å². The van der Waals surface area contributed by atoms with Gasteiger partial charge in [-0.1, -0.05) is 0 Å². The molecule has 0 atom stereocenters. The number of methoxy groups -OCH3 is 1. The second kappa shape index (κ2) is 7.95. The van der Waals surface area contributed by atoms with E-state index in [-0.39, 0.29) is 6.54 Å². The number of nitrogens with one attached hydrogen (secondary N) is 1. The monoisotopic (exact) mass is 383 g/mol. The predicted molar refractivity (Wildman–Crippen MR) is 93.8 cm³/mol. The molecule has 2 aromatic heterocycles. The third kappa shape index (κ3) is 4.57. The molecule has 27 heavy (non-hydrogen) atoms. The lowest BCUT2D eigenvalue weighted by molar-refractivity contribution is -0.173. The summed E-state index contributed by atoms with van der Waals surface area (Å²) in [6, 6.07) is 3.81. The van der Waals surface area contributed by atoms with Gasteiger partial charge < -0.3 is 15.0 Å². The molecule has 1 fully saturated rings. The number of pyridine rings is 2. The molecular formula is C17H20F3N5O2. The van der Waals surface area contributed by atoms with Gasteiger partial charge in [-0.3, -0.25) is 9.69 Å². The highest BCUT2D eigenvalue weighted by atomic mass is 19.4. The van der Waals surface area contributed by atoms with Crippen LogP contribution in [0.3, 0.4) is 0 Å². The van der Waals surface area contributed by atoms with Crippen molar-refractivity contribution in [2.75, 3.05) is 51.3 Å². The predicted octanol–water partition coefficient (Wildman–Crippen LogP) is 1.44. The summed E-state index contributed by atoms with van der Waals surface area (Å²) in [5, 5.41) is 2.79. The number of rotatable bonds is 5. The van der Waals surface area contributed by atoms with E-state index in [0.29, 0.717) is 44.1 Å². The zero-order valence-electron chi connectivity index (χ0n) is 14.8. The zero-order valence-corrected chi connectivity index (χ0v) is 14.8. The molecule has 146 valence electrons. The van der Waals surface area contributed by atoms with Gasteiger partial charge in [0.15, 0.2) is 5.65 Å². The van der Waals surface area contributed by atoms with Crippen molar-refractivity contribution in [3.63, 3.8) is 0 Å². The number of hydrogen-bond donors (Lipinski definition) is 1. The van der Waals surface area contributed by atoms with Crippen molar-refractivity contribution in [1.29, 1.82) is 0 Å². The summed E-state index contributed by atoms with van der Waals surface area (Å²) < 4.78 is 41.8. The Labute approximate surface area is 154 Å². The standard InChI is InChI=1S/C17H20F3N5O2/c1-27-12-10-13-14(2-3-21-15(13)23-11-12)25-8-6-24(7-9-25)5-4-22-16(26)17(18,19)20/h2-3,10-11H,4-9H2,1H3,(H,22,26). The van der Waals surface area contributed by atoms with Gasteiger partial charge in [-0.25, -0.2) is 9.97 Å². The molecule has 2 aromatic rings. The van der Waals surface area contributed by atoms with Crippen molar-refractivity contribution < 1.29 is 22.7 Å². The number of nitrogens with zero attached hydrogens (tertiary/aromatic N) is 4. The highest BCUT2D eigenvalue weighted by molar-refractivity contribution is 5.90. The molecule has 7 nitrogen and oxygen atoms in total. The van der Waals surface area contributed by atoms with E-state index in [0.717, 1.165) is 11.1 Å². The van der Waals surface area contributed by atoms with Crippen LogP contribution in [0.2, 0.25) is 0 Å². The number of carbonyl (C=O) groups excluding carboxylic acids is 1. The molecule has 3 rings (SSSR count). The molecule has 0 bridgehead atoms. The molecule has 0 spiro atoms. The number of alkyl halides is 3. The Morgan fingerprint density at radius 2 is 2.00 bits per heavy atom. The second-order valence-electron chi connectivity index (χ2n) is 6.16. The lowest BCUT2D eigenvalue weighted by Gasteiger charge is -2.36. The molecule has 1 aliphatic heterocycles. The summed E-state index contributed by atoms with van der Waals surface area (Å²) in [7, 11) is 1.58. The zero-order chi connectivity index (χ0) is 19.4. The first-order valence-corrected chi connectivity index (χ1v) is 8.49. The van der Waals surface area contributed by atoms with Crippen LogP contribution in [0.15, 0.2) is 24.5 Å². The van der Waals surface area contributed by atoms with E-state index >= 15 is 0 Å². The summed E-state index contributed by atoms with van der Waals surface area (Å²) in [5.41, 5.74) is 1.63. The van der Waals surface area contributed by atoms with Gasteiger partial charge in [0.2, 0.25) is 0 Å². The van der Waals surface area contributed by atoms with Gasteiger partial charge in [0.1, 0.15) is 5.75 Å². The Bertz CT molecular complexity index is 807. The maximum absolute atomic E-state index is 12.2. The molecule has 0 aliphatic carbocycles. The lowest BCUT2D eigenvalue weighted by Crippen LogP contribution is -2.49. The second-order valence-corrected chi connectivity index (χ2v) is 6.16. The topological polar surface area (TPSA) is 70.6 Å². The first kappa shape index (κ1) is 19.2. The van der Waals surface area contributed by atoms with Crippen LogP contribution in [-0.4, -0.2) is 73.3 Å². The number of carbonyl (C=O) groups is 1. The average Bonchev–Trinajstić information content (AvgIpc) is 2.67. The van der Waals surface area contributed by atoms with Crippen molar-refractivity contribution in [2.45, 2.75) is 6.18 Å². The maximum atomic E-state index is 12.2. The van der Waals surface area contributed by atoms with Gasteiger partial charge in [-0.05, 0) is 12.1 Å². The van der Waals surface area contributed by atoms with Crippen LogP contribution in [0, 0.1) is 0 Å². The lowest BCUT2D eigenvalue weighted by atomic mass is 10.2. The average molecular weight is 383 g/mol. The first-order chi connectivity index (χ1) is 12.9. The minimum absolute atomic E-state index is 0.0301. The van der Waals surface area contributed by atoms with Crippen LogP contribution in [0.4, 0.5) is 18.9 Å². The number of aromatic nitrogens is 2. The van der Waals surface area contributed by atoms with E-state index in [1.807, 2.05) is 22.3 Å². The Morgan fingerprint density at radius 3 is 2.67 bits per heavy atom. The summed E-state index contributed by atoms with van der Waals surface area (Å²) in [6.07, 6.45) is -1.52. The minimum Gasteiger partial charge on any atom is -0.495 e. The quantitative estimate of drug-likeness (QED) is 0.843. The smallest absolute Gasteiger partial charge is 0.471 e. The molecule has 0 saturated carbocycles. The molecule has 0 unspecified atom stereocenters. The SMILES string of the molecule is COc1cnc2nccc(N3CCN(CCNC(=O)C(F)(F)F)CC3)c2c1. The Balaban J connectivity index is 1.58. The molecule has 1 amide bonds. The van der Waals surface area contributed by atoms with E-state index in [9.17, 15) is 18.0 Å². The summed E-state index contributed by atoms with van der Waals surface area (Å²) >= 11 is 0. The van der Waals surface area contributed by atoms with Crippen molar-refractivity contribution in [3.8, 4) is 5.75 Å². The van der Waals surface area contributed by atoms with E-state index in [1.54, 1.807) is 19.5 Å². The molecule has 3 heterocycles. The van der Waals surface area contributed by atoms with Crippen LogP contribution >= 0.6 is 0 Å². The number of anilines is 1. The fourth-order valence-corrected chi connectivity index (χ4v) is 3.03. The Morgan fingerprint density at radius 1 is 1.26 bits per heavy atom. The number of fused-ring (bicyclic) bond motifs is 1. The first-order valence-electron chi connectivity index (χ1n) is 8.49. The van der Waals surface area contributed by atoms with Gasteiger partial charge in [0, 0.05) is 56.5 Å². The normalized spacial score (nSPS) is 15.8. The number of piperazine rings is 1. The van der Waals surface area contributed by atoms with Crippen LogP contribution in [0.25, 0.3) is 11.0 Å².